The lowest BCUT2D eigenvalue weighted by Crippen LogP contribution is -2.57. The van der Waals surface area contributed by atoms with Crippen molar-refractivity contribution in [3.63, 3.8) is 0 Å². The SMILES string of the molecule is COCCN1CCC(C(=O)NO)(S(=O)(=O)c2ccc(OCCNC(=O)c3cc4ccccc4o3)cc2)CC1.Cl. The predicted octanol–water partition coefficient (Wildman–Crippen LogP) is 2.42. The van der Waals surface area contributed by atoms with Gasteiger partial charge in [0.1, 0.15) is 17.9 Å². The van der Waals surface area contributed by atoms with Crippen molar-refractivity contribution in [3.8, 4) is 5.75 Å². The van der Waals surface area contributed by atoms with E-state index in [2.05, 4.69) is 5.32 Å². The number of piperidine rings is 1. The molecule has 0 atom stereocenters. The number of hydrogen-bond acceptors (Lipinski definition) is 9. The number of para-hydroxylation sites is 1. The number of carbonyl (C=O) groups is 2. The number of ether oxygens (including phenoxy) is 2. The Kier molecular flexibility index (Phi) is 10.3. The smallest absolute Gasteiger partial charge is 0.287 e. The van der Waals surface area contributed by atoms with Crippen molar-refractivity contribution in [3.05, 3.63) is 60.4 Å². The fourth-order valence-electron chi connectivity index (χ4n) is 4.53. The van der Waals surface area contributed by atoms with Crippen LogP contribution in [0.5, 0.6) is 5.75 Å². The second-order valence-electron chi connectivity index (χ2n) is 9.00. The number of hydrogen-bond donors (Lipinski definition) is 3. The molecule has 0 radical (unpaired) electrons. The minimum atomic E-state index is -4.13. The minimum Gasteiger partial charge on any atom is -0.492 e. The van der Waals surface area contributed by atoms with Crippen molar-refractivity contribution in [2.45, 2.75) is 22.5 Å². The highest BCUT2D eigenvalue weighted by molar-refractivity contribution is 7.93. The number of methoxy groups -OCH3 is 1. The van der Waals surface area contributed by atoms with Crippen molar-refractivity contribution in [1.82, 2.24) is 15.7 Å². The fraction of sp³-hybridized carbons (Fsp3) is 0.385. The number of rotatable bonds is 11. The van der Waals surface area contributed by atoms with Crippen LogP contribution in [0.1, 0.15) is 23.4 Å². The molecule has 0 bridgehead atoms. The molecule has 212 valence electrons. The van der Waals surface area contributed by atoms with Crippen molar-refractivity contribution in [2.24, 2.45) is 0 Å². The summed E-state index contributed by atoms with van der Waals surface area (Å²) in [6.45, 7) is 2.21. The molecule has 2 aromatic carbocycles. The molecule has 3 N–H and O–H groups in total. The maximum atomic E-state index is 13.6. The first-order valence-electron chi connectivity index (χ1n) is 12.2. The van der Waals surface area contributed by atoms with Gasteiger partial charge < -0.3 is 24.1 Å². The van der Waals surface area contributed by atoms with Crippen LogP contribution in [0.2, 0.25) is 0 Å². The Labute approximate surface area is 232 Å². The van der Waals surface area contributed by atoms with Crippen LogP contribution in [-0.4, -0.2) is 81.6 Å². The molecule has 4 rings (SSSR count). The summed E-state index contributed by atoms with van der Waals surface area (Å²) in [5.74, 6) is -0.709. The summed E-state index contributed by atoms with van der Waals surface area (Å²) in [6, 6.07) is 14.7. The highest BCUT2D eigenvalue weighted by atomic mass is 35.5. The average molecular weight is 582 g/mol. The highest BCUT2D eigenvalue weighted by Gasteiger charge is 2.52. The number of amides is 2. The Bertz CT molecular complexity index is 1340. The van der Waals surface area contributed by atoms with Crippen LogP contribution in [0.15, 0.2) is 63.9 Å². The van der Waals surface area contributed by atoms with Gasteiger partial charge in [-0.1, -0.05) is 18.2 Å². The molecule has 1 fully saturated rings. The molecule has 1 aliphatic heterocycles. The second kappa shape index (κ2) is 13.3. The van der Waals surface area contributed by atoms with Gasteiger partial charge in [-0.25, -0.2) is 13.9 Å². The molecule has 39 heavy (non-hydrogen) atoms. The molecule has 1 saturated heterocycles. The van der Waals surface area contributed by atoms with E-state index in [1.807, 2.05) is 23.1 Å². The summed E-state index contributed by atoms with van der Waals surface area (Å²) in [6.07, 6.45) is 0.0727. The van der Waals surface area contributed by atoms with Crippen LogP contribution in [0.3, 0.4) is 0 Å². The van der Waals surface area contributed by atoms with Gasteiger partial charge in [0, 0.05) is 32.1 Å². The van der Waals surface area contributed by atoms with E-state index < -0.39 is 20.5 Å². The number of nitrogens with zero attached hydrogens (tertiary/aromatic N) is 1. The number of furan rings is 1. The molecule has 2 heterocycles. The molecule has 0 aliphatic carbocycles. The normalized spacial score (nSPS) is 15.3. The molecular formula is C26H32ClN3O8S. The maximum Gasteiger partial charge on any atom is 0.287 e. The van der Waals surface area contributed by atoms with Crippen LogP contribution < -0.4 is 15.5 Å². The van der Waals surface area contributed by atoms with E-state index in [0.29, 0.717) is 37.6 Å². The maximum absolute atomic E-state index is 13.6. The molecule has 1 aliphatic rings. The van der Waals surface area contributed by atoms with E-state index in [0.717, 1.165) is 5.39 Å². The average Bonchev–Trinajstić information content (AvgIpc) is 3.39. The largest absolute Gasteiger partial charge is 0.492 e. The number of fused-ring (bicyclic) bond motifs is 1. The third-order valence-corrected chi connectivity index (χ3v) is 9.26. The zero-order chi connectivity index (χ0) is 27.2. The summed E-state index contributed by atoms with van der Waals surface area (Å²) in [4.78, 5) is 26.9. The van der Waals surface area contributed by atoms with Crippen LogP contribution in [0, 0.1) is 0 Å². The molecule has 0 spiro atoms. The van der Waals surface area contributed by atoms with Gasteiger partial charge in [0.05, 0.1) is 18.0 Å². The minimum absolute atomic E-state index is 0. The number of sulfone groups is 1. The van der Waals surface area contributed by atoms with Crippen LogP contribution in [0.4, 0.5) is 0 Å². The molecule has 1 aromatic heterocycles. The van der Waals surface area contributed by atoms with E-state index in [1.165, 1.54) is 24.3 Å². The molecule has 0 unspecified atom stereocenters. The Hall–Kier alpha value is -3.16. The second-order valence-corrected chi connectivity index (χ2v) is 11.3. The Morgan fingerprint density at radius 2 is 1.77 bits per heavy atom. The van der Waals surface area contributed by atoms with Crippen molar-refractivity contribution in [1.29, 1.82) is 0 Å². The first-order chi connectivity index (χ1) is 18.3. The molecule has 0 saturated carbocycles. The summed E-state index contributed by atoms with van der Waals surface area (Å²) >= 11 is 0. The van der Waals surface area contributed by atoms with E-state index in [-0.39, 0.29) is 55.0 Å². The van der Waals surface area contributed by atoms with Gasteiger partial charge in [-0.2, -0.15) is 0 Å². The first-order valence-corrected chi connectivity index (χ1v) is 13.7. The third kappa shape index (κ3) is 6.53. The molecule has 2 amide bonds. The third-order valence-electron chi connectivity index (χ3n) is 6.74. The van der Waals surface area contributed by atoms with Gasteiger partial charge in [0.15, 0.2) is 20.3 Å². The summed E-state index contributed by atoms with van der Waals surface area (Å²) < 4.78 is 41.6. The van der Waals surface area contributed by atoms with Crippen LogP contribution >= 0.6 is 12.4 Å². The number of halogens is 1. The quantitative estimate of drug-likeness (QED) is 0.176. The van der Waals surface area contributed by atoms with Crippen molar-refractivity contribution >= 4 is 45.0 Å². The lowest BCUT2D eigenvalue weighted by Gasteiger charge is -2.39. The van der Waals surface area contributed by atoms with Crippen LogP contribution in [-0.2, 0) is 19.4 Å². The lowest BCUT2D eigenvalue weighted by molar-refractivity contribution is -0.133. The van der Waals surface area contributed by atoms with Gasteiger partial charge in [0.2, 0.25) is 0 Å². The molecular weight excluding hydrogens is 550 g/mol. The topological polar surface area (TPSA) is 147 Å². The van der Waals surface area contributed by atoms with Gasteiger partial charge in [-0.15, -0.1) is 12.4 Å². The summed E-state index contributed by atoms with van der Waals surface area (Å²) in [5.41, 5.74) is 2.18. The van der Waals surface area contributed by atoms with E-state index >= 15 is 0 Å². The fourth-order valence-corrected chi connectivity index (χ4v) is 6.49. The number of hydroxylamine groups is 1. The van der Waals surface area contributed by atoms with Gasteiger partial charge in [-0.3, -0.25) is 14.8 Å². The Morgan fingerprint density at radius 1 is 1.08 bits per heavy atom. The van der Waals surface area contributed by atoms with Crippen molar-refractivity contribution < 1.29 is 37.1 Å². The zero-order valence-electron chi connectivity index (χ0n) is 21.4. The molecule has 11 nitrogen and oxygen atoms in total. The molecule has 13 heteroatoms. The van der Waals surface area contributed by atoms with E-state index in [4.69, 9.17) is 13.9 Å². The standard InChI is InChI=1S/C26H31N3O8S.ClH/c1-35-17-15-29-13-10-26(11-14-29,25(31)28-32)38(33,34)21-8-6-20(7-9-21)36-16-12-27-24(30)23-18-19-4-2-3-5-22(19)37-23;/h2-9,18,32H,10-17H2,1H3,(H,27,30)(H,28,31);1H. The number of benzene rings is 2. The number of nitrogens with one attached hydrogen (secondary N) is 2. The van der Waals surface area contributed by atoms with Gasteiger partial charge in [-0.05, 0) is 49.2 Å². The number of likely N-dealkylation sites (tertiary alicyclic amines) is 1. The number of carbonyl (C=O) groups excluding carboxylic acids is 2. The Morgan fingerprint density at radius 3 is 2.41 bits per heavy atom. The van der Waals surface area contributed by atoms with Crippen LogP contribution in [0.25, 0.3) is 11.0 Å². The monoisotopic (exact) mass is 581 g/mol. The highest BCUT2D eigenvalue weighted by Crippen LogP contribution is 2.36. The van der Waals surface area contributed by atoms with E-state index in [1.54, 1.807) is 24.7 Å². The van der Waals surface area contributed by atoms with Gasteiger partial charge in [0.25, 0.3) is 11.8 Å². The first kappa shape index (κ1) is 30.4. The molecule has 3 aromatic rings. The van der Waals surface area contributed by atoms with Gasteiger partial charge >= 0.3 is 0 Å². The lowest BCUT2D eigenvalue weighted by atomic mass is 9.95. The zero-order valence-corrected chi connectivity index (χ0v) is 23.1. The van der Waals surface area contributed by atoms with Crippen molar-refractivity contribution in [2.75, 3.05) is 46.5 Å². The summed E-state index contributed by atoms with van der Waals surface area (Å²) in [5, 5.41) is 12.9. The predicted molar refractivity (Wildman–Crippen MR) is 145 cm³/mol. The summed E-state index contributed by atoms with van der Waals surface area (Å²) in [7, 11) is -2.54. The Balaban J connectivity index is 0.00000420. The van der Waals surface area contributed by atoms with E-state index in [9.17, 15) is 23.2 Å².